The molecule has 8 heteroatoms. The van der Waals surface area contributed by atoms with Gasteiger partial charge in [0, 0.05) is 17.3 Å². The molecule has 1 amide bonds. The fraction of sp³-hybridized carbons (Fsp3) is 0.458. The second kappa shape index (κ2) is 10.6. The van der Waals surface area contributed by atoms with Crippen LogP contribution in [0.3, 0.4) is 0 Å². The summed E-state index contributed by atoms with van der Waals surface area (Å²) in [6.07, 6.45) is 4.67. The van der Waals surface area contributed by atoms with Crippen LogP contribution in [0.2, 0.25) is 0 Å². The number of nitrogens with zero attached hydrogens (tertiary/aromatic N) is 1. The van der Waals surface area contributed by atoms with Crippen LogP contribution < -0.4 is 5.73 Å². The van der Waals surface area contributed by atoms with E-state index in [0.29, 0.717) is 11.0 Å². The van der Waals surface area contributed by atoms with Crippen molar-refractivity contribution in [3.8, 4) is 11.3 Å². The van der Waals surface area contributed by atoms with Crippen molar-refractivity contribution in [2.24, 2.45) is 17.1 Å². The molecule has 32 heavy (non-hydrogen) atoms. The van der Waals surface area contributed by atoms with Crippen LogP contribution >= 0.6 is 0 Å². The Balaban J connectivity index is 0.000000451. The van der Waals surface area contributed by atoms with Gasteiger partial charge < -0.3 is 10.8 Å². The van der Waals surface area contributed by atoms with E-state index in [1.54, 1.807) is 12.1 Å². The number of carbonyl (C=O) groups is 2. The molecule has 1 saturated carbocycles. The first kappa shape index (κ1) is 25.4. The molecule has 3 N–H and O–H groups in total. The summed E-state index contributed by atoms with van der Waals surface area (Å²) >= 11 is 0. The van der Waals surface area contributed by atoms with Crippen molar-refractivity contribution in [2.75, 3.05) is 0 Å². The average molecular weight is 451 g/mol. The van der Waals surface area contributed by atoms with Crippen LogP contribution in [0, 0.1) is 11.3 Å². The Hall–Kier alpha value is -2.90. The fourth-order valence-corrected chi connectivity index (χ4v) is 3.69. The number of carbonyl (C=O) groups excluding carboxylic acids is 1. The molecule has 1 aliphatic rings. The van der Waals surface area contributed by atoms with Gasteiger partial charge in [-0.25, -0.2) is 4.79 Å². The van der Waals surface area contributed by atoms with E-state index in [9.17, 15) is 18.0 Å². The van der Waals surface area contributed by atoms with Crippen molar-refractivity contribution < 1.29 is 27.9 Å². The van der Waals surface area contributed by atoms with Crippen molar-refractivity contribution in [2.45, 2.75) is 58.5 Å². The summed E-state index contributed by atoms with van der Waals surface area (Å²) in [6, 6.07) is 11.5. The topological polar surface area (TPSA) is 93.3 Å². The van der Waals surface area contributed by atoms with Crippen LogP contribution in [-0.4, -0.2) is 28.1 Å². The van der Waals surface area contributed by atoms with Crippen LogP contribution in [0.5, 0.6) is 0 Å². The molecule has 0 bridgehead atoms. The summed E-state index contributed by atoms with van der Waals surface area (Å²) in [6.45, 7) is 4.78. The van der Waals surface area contributed by atoms with Crippen molar-refractivity contribution >= 4 is 11.9 Å². The molecule has 1 fully saturated rings. The summed E-state index contributed by atoms with van der Waals surface area (Å²) in [5, 5.41) is 7.12. The van der Waals surface area contributed by atoms with Gasteiger partial charge in [-0.3, -0.25) is 9.78 Å². The zero-order valence-electron chi connectivity index (χ0n) is 18.3. The molecule has 3 rings (SSSR count). The Morgan fingerprint density at radius 1 is 1.16 bits per heavy atom. The first-order valence-corrected chi connectivity index (χ1v) is 10.5. The quantitative estimate of drug-likeness (QED) is 0.617. The number of benzene rings is 1. The molecule has 5 nitrogen and oxygen atoms in total. The number of carboxylic acids is 1. The van der Waals surface area contributed by atoms with Crippen LogP contribution in [0.1, 0.15) is 61.9 Å². The predicted octanol–water partition coefficient (Wildman–Crippen LogP) is 5.63. The number of carboxylic acid groups (broad SMARTS) is 1. The summed E-state index contributed by atoms with van der Waals surface area (Å²) in [5.74, 6) is -2.30. The summed E-state index contributed by atoms with van der Waals surface area (Å²) in [5.41, 5.74) is 9.51. The number of primary amides is 1. The molecule has 0 spiro atoms. The molecule has 174 valence electrons. The molecular formula is C24H29F3N2O3. The van der Waals surface area contributed by atoms with E-state index in [1.165, 1.54) is 37.7 Å². The van der Waals surface area contributed by atoms with E-state index in [2.05, 4.69) is 24.9 Å². The standard InChI is InChI=1S/C22H28N2O.C2HF3O2/c1-22(2)12-10-16(11-13-22)6-7-17-8-9-20(24-15-17)18-4-3-5-19(14-18)21(23)25;3-2(4,5)1(6)7/h3-5,8-9,14-16H,6-7,10-13H2,1-2H3,(H2,23,25);(H,6,7). The number of alkyl halides is 3. The number of aromatic nitrogens is 1. The number of pyridine rings is 1. The predicted molar refractivity (Wildman–Crippen MR) is 116 cm³/mol. The zero-order valence-corrected chi connectivity index (χ0v) is 18.3. The number of amides is 1. The first-order valence-electron chi connectivity index (χ1n) is 10.5. The third-order valence-corrected chi connectivity index (χ3v) is 5.81. The lowest BCUT2D eigenvalue weighted by Crippen LogP contribution is -2.21. The molecule has 1 heterocycles. The van der Waals surface area contributed by atoms with Gasteiger partial charge in [0.25, 0.3) is 0 Å². The zero-order chi connectivity index (χ0) is 23.9. The molecule has 1 aliphatic carbocycles. The molecule has 0 aliphatic heterocycles. The lowest BCUT2D eigenvalue weighted by Gasteiger charge is -2.34. The van der Waals surface area contributed by atoms with E-state index in [4.69, 9.17) is 15.6 Å². The maximum absolute atomic E-state index is 11.3. The van der Waals surface area contributed by atoms with Gasteiger partial charge >= 0.3 is 12.1 Å². The van der Waals surface area contributed by atoms with Gasteiger partial charge in [0.15, 0.2) is 0 Å². The molecule has 0 saturated heterocycles. The Labute approximate surface area is 185 Å². The number of rotatable bonds is 5. The average Bonchev–Trinajstić information content (AvgIpc) is 2.73. The van der Waals surface area contributed by atoms with Gasteiger partial charge in [-0.05, 0) is 73.6 Å². The highest BCUT2D eigenvalue weighted by Crippen LogP contribution is 2.39. The molecule has 1 aromatic heterocycles. The van der Waals surface area contributed by atoms with Crippen molar-refractivity contribution in [1.82, 2.24) is 4.98 Å². The summed E-state index contributed by atoms with van der Waals surface area (Å²) in [4.78, 5) is 24.8. The summed E-state index contributed by atoms with van der Waals surface area (Å²) in [7, 11) is 0. The number of nitrogens with two attached hydrogens (primary N) is 1. The second-order valence-corrected chi connectivity index (χ2v) is 8.95. The highest BCUT2D eigenvalue weighted by molar-refractivity contribution is 5.93. The van der Waals surface area contributed by atoms with E-state index < -0.39 is 18.1 Å². The van der Waals surface area contributed by atoms with Gasteiger partial charge in [-0.2, -0.15) is 13.2 Å². The number of hydrogen-bond donors (Lipinski definition) is 2. The fourth-order valence-electron chi connectivity index (χ4n) is 3.69. The minimum atomic E-state index is -5.08. The number of hydrogen-bond acceptors (Lipinski definition) is 3. The van der Waals surface area contributed by atoms with Crippen LogP contribution in [0.4, 0.5) is 13.2 Å². The molecule has 0 atom stereocenters. The van der Waals surface area contributed by atoms with Gasteiger partial charge in [0.05, 0.1) is 5.69 Å². The molecule has 1 aromatic carbocycles. The molecule has 2 aromatic rings. The lowest BCUT2D eigenvalue weighted by atomic mass is 9.72. The Morgan fingerprint density at radius 3 is 2.28 bits per heavy atom. The van der Waals surface area contributed by atoms with Gasteiger partial charge in [0.2, 0.25) is 5.91 Å². The van der Waals surface area contributed by atoms with E-state index in [0.717, 1.165) is 23.6 Å². The maximum Gasteiger partial charge on any atom is 0.490 e. The monoisotopic (exact) mass is 450 g/mol. The van der Waals surface area contributed by atoms with E-state index in [-0.39, 0.29) is 0 Å². The third kappa shape index (κ3) is 7.98. The Kier molecular flexibility index (Phi) is 8.41. The van der Waals surface area contributed by atoms with Crippen LogP contribution in [0.15, 0.2) is 42.6 Å². The smallest absolute Gasteiger partial charge is 0.475 e. The Bertz CT molecular complexity index is 915. The highest BCUT2D eigenvalue weighted by atomic mass is 19.4. The van der Waals surface area contributed by atoms with Crippen molar-refractivity contribution in [3.05, 3.63) is 53.7 Å². The van der Waals surface area contributed by atoms with E-state index in [1.807, 2.05) is 24.4 Å². The first-order chi connectivity index (χ1) is 14.9. The number of aryl methyl sites for hydroxylation is 1. The summed E-state index contributed by atoms with van der Waals surface area (Å²) < 4.78 is 31.7. The minimum absolute atomic E-state index is 0.408. The van der Waals surface area contributed by atoms with Crippen molar-refractivity contribution in [3.63, 3.8) is 0 Å². The molecular weight excluding hydrogens is 421 g/mol. The lowest BCUT2D eigenvalue weighted by molar-refractivity contribution is -0.192. The highest BCUT2D eigenvalue weighted by Gasteiger charge is 2.38. The SMILES string of the molecule is CC1(C)CCC(CCc2ccc(-c3cccc(C(N)=O)c3)nc2)CC1.O=C(O)C(F)(F)F. The van der Waals surface area contributed by atoms with Gasteiger partial charge in [0.1, 0.15) is 0 Å². The van der Waals surface area contributed by atoms with Crippen LogP contribution in [-0.2, 0) is 11.2 Å². The third-order valence-electron chi connectivity index (χ3n) is 5.81. The number of aliphatic carboxylic acids is 1. The number of halogens is 3. The van der Waals surface area contributed by atoms with Crippen LogP contribution in [0.25, 0.3) is 11.3 Å². The van der Waals surface area contributed by atoms with Crippen molar-refractivity contribution in [1.29, 1.82) is 0 Å². The second-order valence-electron chi connectivity index (χ2n) is 8.95. The molecule has 0 unspecified atom stereocenters. The van der Waals surface area contributed by atoms with Gasteiger partial charge in [-0.1, -0.05) is 32.0 Å². The largest absolute Gasteiger partial charge is 0.490 e. The normalized spacial score (nSPS) is 16.0. The van der Waals surface area contributed by atoms with E-state index >= 15 is 0 Å². The Morgan fingerprint density at radius 2 is 1.78 bits per heavy atom. The van der Waals surface area contributed by atoms with Gasteiger partial charge in [-0.15, -0.1) is 0 Å². The molecule has 0 radical (unpaired) electrons. The minimum Gasteiger partial charge on any atom is -0.475 e. The maximum atomic E-state index is 11.3.